The Hall–Kier alpha value is -1.23. The van der Waals surface area contributed by atoms with Crippen LogP contribution in [-0.4, -0.2) is 12.9 Å². The number of benzene rings is 1. The molecule has 1 unspecified atom stereocenters. The number of alkyl halides is 3. The lowest BCUT2D eigenvalue weighted by Gasteiger charge is -2.21. The molecule has 0 saturated heterocycles. The van der Waals surface area contributed by atoms with Gasteiger partial charge in [0.2, 0.25) is 0 Å². The number of ether oxygens (including phenoxy) is 1. The van der Waals surface area contributed by atoms with Crippen LogP contribution in [0.2, 0.25) is 0 Å². The first-order valence-electron chi connectivity index (χ1n) is 6.56. The van der Waals surface area contributed by atoms with E-state index in [1.165, 1.54) is 6.07 Å². The molecule has 1 aromatic rings. The summed E-state index contributed by atoms with van der Waals surface area (Å²) >= 11 is 0. The number of halogens is 3. The van der Waals surface area contributed by atoms with E-state index < -0.39 is 6.36 Å². The van der Waals surface area contributed by atoms with E-state index >= 15 is 0 Å². The van der Waals surface area contributed by atoms with E-state index in [0.717, 1.165) is 25.8 Å². The first-order valence-corrected chi connectivity index (χ1v) is 6.56. The maximum atomic E-state index is 12.4. The summed E-state index contributed by atoms with van der Waals surface area (Å²) < 4.78 is 41.2. The molecule has 1 aromatic carbocycles. The van der Waals surface area contributed by atoms with Gasteiger partial charge in [-0.25, -0.2) is 0 Å². The molecule has 0 amide bonds. The van der Waals surface area contributed by atoms with E-state index in [0.29, 0.717) is 5.56 Å². The van der Waals surface area contributed by atoms with Crippen LogP contribution < -0.4 is 10.1 Å². The fraction of sp³-hybridized carbons (Fsp3) is 0.571. The van der Waals surface area contributed by atoms with Crippen molar-refractivity contribution in [3.8, 4) is 5.75 Å². The minimum atomic E-state index is -4.66. The van der Waals surface area contributed by atoms with Crippen LogP contribution in [0.5, 0.6) is 5.75 Å². The lowest BCUT2D eigenvalue weighted by molar-refractivity contribution is -0.275. The van der Waals surface area contributed by atoms with Crippen molar-refractivity contribution in [1.29, 1.82) is 0 Å². The summed E-state index contributed by atoms with van der Waals surface area (Å²) in [4.78, 5) is 0. The average molecular weight is 275 g/mol. The van der Waals surface area contributed by atoms with Crippen molar-refractivity contribution in [2.45, 2.75) is 45.5 Å². The number of hydrogen-bond acceptors (Lipinski definition) is 2. The maximum Gasteiger partial charge on any atom is 0.573 e. The number of nitrogens with one attached hydrogen (secondary N) is 1. The predicted octanol–water partition coefficient (Wildman–Crippen LogP) is 4.43. The van der Waals surface area contributed by atoms with Crippen molar-refractivity contribution in [1.82, 2.24) is 5.32 Å². The van der Waals surface area contributed by atoms with Gasteiger partial charge < -0.3 is 10.1 Å². The molecule has 0 aliphatic rings. The van der Waals surface area contributed by atoms with Gasteiger partial charge >= 0.3 is 6.36 Å². The molecule has 1 atom stereocenters. The van der Waals surface area contributed by atoms with Crippen molar-refractivity contribution in [3.63, 3.8) is 0 Å². The molecule has 0 aliphatic heterocycles. The van der Waals surface area contributed by atoms with Gasteiger partial charge in [0.1, 0.15) is 5.75 Å². The molecule has 0 heterocycles. The maximum absolute atomic E-state index is 12.4. The molecule has 0 radical (unpaired) electrons. The molecule has 0 aliphatic carbocycles. The molecule has 2 nitrogen and oxygen atoms in total. The van der Waals surface area contributed by atoms with E-state index in [4.69, 9.17) is 0 Å². The normalized spacial score (nSPS) is 13.3. The molecule has 0 fully saturated rings. The number of para-hydroxylation sites is 1. The van der Waals surface area contributed by atoms with E-state index in [1.54, 1.807) is 18.2 Å². The highest BCUT2D eigenvalue weighted by Gasteiger charge is 2.32. The first-order chi connectivity index (χ1) is 8.98. The molecule has 0 spiro atoms. The Labute approximate surface area is 112 Å². The summed E-state index contributed by atoms with van der Waals surface area (Å²) in [7, 11) is 0. The largest absolute Gasteiger partial charge is 0.573 e. The van der Waals surface area contributed by atoms with Crippen LogP contribution in [0, 0.1) is 0 Å². The SMILES string of the molecule is CCCNC(CCC)c1ccccc1OC(F)(F)F. The van der Waals surface area contributed by atoms with Crippen LogP contribution in [0.4, 0.5) is 13.2 Å². The minimum absolute atomic E-state index is 0.108. The Kier molecular flexibility index (Phi) is 6.15. The van der Waals surface area contributed by atoms with Gasteiger partial charge in [-0.2, -0.15) is 0 Å². The van der Waals surface area contributed by atoms with E-state index in [-0.39, 0.29) is 11.8 Å². The van der Waals surface area contributed by atoms with Crippen LogP contribution in [0.3, 0.4) is 0 Å². The molecule has 0 saturated carbocycles. The van der Waals surface area contributed by atoms with Gasteiger partial charge in [-0.3, -0.25) is 0 Å². The summed E-state index contributed by atoms with van der Waals surface area (Å²) in [5.41, 5.74) is 0.565. The number of rotatable bonds is 7. The van der Waals surface area contributed by atoms with Crippen LogP contribution >= 0.6 is 0 Å². The van der Waals surface area contributed by atoms with Crippen LogP contribution in [0.25, 0.3) is 0 Å². The molecule has 1 N–H and O–H groups in total. The van der Waals surface area contributed by atoms with Crippen molar-refractivity contribution in [2.24, 2.45) is 0 Å². The van der Waals surface area contributed by atoms with Crippen molar-refractivity contribution < 1.29 is 17.9 Å². The lowest BCUT2D eigenvalue weighted by atomic mass is 10.0. The van der Waals surface area contributed by atoms with Crippen molar-refractivity contribution in [3.05, 3.63) is 29.8 Å². The quantitative estimate of drug-likeness (QED) is 0.795. The molecule has 108 valence electrons. The topological polar surface area (TPSA) is 21.3 Å². The first kappa shape index (κ1) is 15.8. The summed E-state index contributed by atoms with van der Waals surface area (Å²) in [5.74, 6) is -0.114. The summed E-state index contributed by atoms with van der Waals surface area (Å²) in [5, 5.41) is 3.27. The molecular weight excluding hydrogens is 255 g/mol. The standard InChI is InChI=1S/C14H20F3NO/c1-3-7-12(18-10-4-2)11-8-5-6-9-13(11)19-14(15,16)17/h5-6,8-9,12,18H,3-4,7,10H2,1-2H3. The van der Waals surface area contributed by atoms with Gasteiger partial charge in [-0.1, -0.05) is 38.5 Å². The lowest BCUT2D eigenvalue weighted by Crippen LogP contribution is -2.24. The highest BCUT2D eigenvalue weighted by molar-refractivity contribution is 5.36. The molecular formula is C14H20F3NO. The molecule has 5 heteroatoms. The monoisotopic (exact) mass is 275 g/mol. The highest BCUT2D eigenvalue weighted by atomic mass is 19.4. The Bertz CT molecular complexity index is 379. The zero-order chi connectivity index (χ0) is 14.3. The van der Waals surface area contributed by atoms with Gasteiger partial charge in [0, 0.05) is 11.6 Å². The van der Waals surface area contributed by atoms with E-state index in [2.05, 4.69) is 10.1 Å². The highest BCUT2D eigenvalue weighted by Crippen LogP contribution is 2.32. The second kappa shape index (κ2) is 7.38. The smallest absolute Gasteiger partial charge is 0.405 e. The molecule has 1 rings (SSSR count). The minimum Gasteiger partial charge on any atom is -0.405 e. The van der Waals surface area contributed by atoms with Crippen molar-refractivity contribution in [2.75, 3.05) is 6.54 Å². The zero-order valence-corrected chi connectivity index (χ0v) is 11.3. The van der Waals surface area contributed by atoms with Crippen LogP contribution in [0.15, 0.2) is 24.3 Å². The van der Waals surface area contributed by atoms with Crippen molar-refractivity contribution >= 4 is 0 Å². The Morgan fingerprint density at radius 3 is 2.42 bits per heavy atom. The van der Waals surface area contributed by atoms with E-state index in [1.807, 2.05) is 13.8 Å². The third-order valence-corrected chi connectivity index (χ3v) is 2.74. The van der Waals surface area contributed by atoms with Gasteiger partial charge in [-0.15, -0.1) is 13.2 Å². The second-order valence-corrected chi connectivity index (χ2v) is 4.38. The summed E-state index contributed by atoms with van der Waals surface area (Å²) in [6, 6.07) is 6.22. The Morgan fingerprint density at radius 2 is 1.84 bits per heavy atom. The van der Waals surface area contributed by atoms with Crippen LogP contribution in [0.1, 0.15) is 44.7 Å². The second-order valence-electron chi connectivity index (χ2n) is 4.38. The van der Waals surface area contributed by atoms with Gasteiger partial charge in [0.15, 0.2) is 0 Å². The van der Waals surface area contributed by atoms with E-state index in [9.17, 15) is 13.2 Å². The molecule has 0 aromatic heterocycles. The van der Waals surface area contributed by atoms with Gasteiger partial charge in [0.05, 0.1) is 0 Å². The summed E-state index contributed by atoms with van der Waals surface area (Å²) in [6.07, 6.45) is -2.06. The number of hydrogen-bond donors (Lipinski definition) is 1. The predicted molar refractivity (Wildman–Crippen MR) is 69.1 cm³/mol. The third-order valence-electron chi connectivity index (χ3n) is 2.74. The van der Waals surface area contributed by atoms with Gasteiger partial charge in [0.25, 0.3) is 0 Å². The zero-order valence-electron chi connectivity index (χ0n) is 11.3. The average Bonchev–Trinajstić information content (AvgIpc) is 2.33. The molecule has 19 heavy (non-hydrogen) atoms. The molecule has 0 bridgehead atoms. The van der Waals surface area contributed by atoms with Crippen LogP contribution in [-0.2, 0) is 0 Å². The Morgan fingerprint density at radius 1 is 1.16 bits per heavy atom. The summed E-state index contributed by atoms with van der Waals surface area (Å²) in [6.45, 7) is 4.80. The fourth-order valence-corrected chi connectivity index (χ4v) is 1.96. The Balaban J connectivity index is 2.94. The van der Waals surface area contributed by atoms with Gasteiger partial charge in [-0.05, 0) is 25.5 Å². The fourth-order valence-electron chi connectivity index (χ4n) is 1.96. The third kappa shape index (κ3) is 5.51.